The molecule has 2 aliphatic rings. The molecule has 0 radical (unpaired) electrons. The Balaban J connectivity index is 2.15. The summed E-state index contributed by atoms with van der Waals surface area (Å²) in [5.74, 6) is 0. The first kappa shape index (κ1) is 7.90. The van der Waals surface area contributed by atoms with Gasteiger partial charge in [-0.25, -0.2) is 4.79 Å². The van der Waals surface area contributed by atoms with E-state index in [0.717, 1.165) is 6.54 Å². The molecule has 1 aliphatic heterocycles. The lowest BCUT2D eigenvalue weighted by Gasteiger charge is -2.67. The molecule has 0 aromatic carbocycles. The lowest BCUT2D eigenvalue weighted by Crippen LogP contribution is -2.74. The molecule has 0 aromatic heterocycles. The highest BCUT2D eigenvalue weighted by Crippen LogP contribution is 2.59. The highest BCUT2D eigenvalue weighted by molar-refractivity contribution is 5.68. The van der Waals surface area contributed by atoms with Crippen molar-refractivity contribution >= 4 is 6.09 Å². The molecule has 0 bridgehead atoms. The molecule has 3 nitrogen and oxygen atoms in total. The summed E-state index contributed by atoms with van der Waals surface area (Å²) >= 11 is 0. The van der Waals surface area contributed by atoms with Crippen molar-refractivity contribution < 1.29 is 9.90 Å². The minimum atomic E-state index is -0.766. The normalized spacial score (nSPS) is 29.3. The lowest BCUT2D eigenvalue weighted by atomic mass is 9.52. The molecule has 1 aliphatic carbocycles. The Morgan fingerprint density at radius 2 is 2.00 bits per heavy atom. The second kappa shape index (κ2) is 1.95. The molecule has 3 heteroatoms. The zero-order valence-corrected chi connectivity index (χ0v) is 7.63. The number of rotatable bonds is 0. The largest absolute Gasteiger partial charge is 0.465 e. The van der Waals surface area contributed by atoms with Crippen molar-refractivity contribution in [3.63, 3.8) is 0 Å². The van der Waals surface area contributed by atoms with Crippen LogP contribution in [0, 0.1) is 5.41 Å². The summed E-state index contributed by atoms with van der Waals surface area (Å²) in [5, 5.41) is 8.85. The minimum Gasteiger partial charge on any atom is -0.465 e. The van der Waals surface area contributed by atoms with Gasteiger partial charge in [-0.05, 0) is 26.7 Å². The SMILES string of the molecule is CC1(C)N(C(=O)O)CC12CCC2. The van der Waals surface area contributed by atoms with E-state index in [1.165, 1.54) is 19.3 Å². The summed E-state index contributed by atoms with van der Waals surface area (Å²) in [7, 11) is 0. The number of hydrogen-bond acceptors (Lipinski definition) is 1. The Hall–Kier alpha value is -0.730. The molecule has 0 aromatic rings. The van der Waals surface area contributed by atoms with Crippen LogP contribution < -0.4 is 0 Å². The van der Waals surface area contributed by atoms with Gasteiger partial charge in [-0.1, -0.05) is 6.42 Å². The second-order valence-electron chi connectivity index (χ2n) is 4.56. The third-order valence-electron chi connectivity index (χ3n) is 3.97. The minimum absolute atomic E-state index is 0.114. The Kier molecular flexibility index (Phi) is 1.28. The van der Waals surface area contributed by atoms with Crippen molar-refractivity contribution in [1.29, 1.82) is 0 Å². The van der Waals surface area contributed by atoms with Crippen LogP contribution in [-0.4, -0.2) is 28.2 Å². The number of likely N-dealkylation sites (tertiary alicyclic amines) is 1. The molecular formula is C9H15NO2. The van der Waals surface area contributed by atoms with E-state index in [1.807, 2.05) is 13.8 Å². The average Bonchev–Trinajstić information content (AvgIpc) is 1.81. The summed E-state index contributed by atoms with van der Waals surface area (Å²) in [6, 6.07) is 0. The fraction of sp³-hybridized carbons (Fsp3) is 0.889. The molecule has 1 saturated heterocycles. The van der Waals surface area contributed by atoms with Gasteiger partial charge in [0, 0.05) is 17.5 Å². The van der Waals surface area contributed by atoms with E-state index in [0.29, 0.717) is 5.41 Å². The van der Waals surface area contributed by atoms with Crippen molar-refractivity contribution in [3.05, 3.63) is 0 Å². The summed E-state index contributed by atoms with van der Waals surface area (Å²) in [6.07, 6.45) is 2.93. The van der Waals surface area contributed by atoms with Crippen molar-refractivity contribution in [2.45, 2.75) is 38.6 Å². The van der Waals surface area contributed by atoms with E-state index in [-0.39, 0.29) is 5.54 Å². The zero-order valence-electron chi connectivity index (χ0n) is 7.63. The van der Waals surface area contributed by atoms with Crippen LogP contribution in [0.25, 0.3) is 0 Å². The van der Waals surface area contributed by atoms with Crippen molar-refractivity contribution in [1.82, 2.24) is 4.90 Å². The van der Waals surface area contributed by atoms with Crippen molar-refractivity contribution in [2.75, 3.05) is 6.54 Å². The van der Waals surface area contributed by atoms with Crippen LogP contribution in [-0.2, 0) is 0 Å². The van der Waals surface area contributed by atoms with Crippen molar-refractivity contribution in [3.8, 4) is 0 Å². The highest BCUT2D eigenvalue weighted by atomic mass is 16.4. The van der Waals surface area contributed by atoms with Crippen LogP contribution >= 0.6 is 0 Å². The predicted molar refractivity (Wildman–Crippen MR) is 45.1 cm³/mol. The van der Waals surface area contributed by atoms with E-state index >= 15 is 0 Å². The maximum atomic E-state index is 10.8. The summed E-state index contributed by atoms with van der Waals surface area (Å²) in [6.45, 7) is 4.85. The molecule has 12 heavy (non-hydrogen) atoms. The van der Waals surface area contributed by atoms with Gasteiger partial charge < -0.3 is 10.0 Å². The number of nitrogens with zero attached hydrogens (tertiary/aromatic N) is 1. The van der Waals surface area contributed by atoms with Crippen molar-refractivity contribution in [2.24, 2.45) is 5.41 Å². The standard InChI is InChI=1S/C9H15NO2/c1-8(2)9(4-3-5-9)6-10(8)7(11)12/h3-6H2,1-2H3,(H,11,12). The summed E-state index contributed by atoms with van der Waals surface area (Å²) in [5.41, 5.74) is 0.225. The van der Waals surface area contributed by atoms with Crippen LogP contribution in [0.15, 0.2) is 0 Å². The highest BCUT2D eigenvalue weighted by Gasteiger charge is 2.62. The molecule has 1 saturated carbocycles. The predicted octanol–water partition coefficient (Wildman–Crippen LogP) is 1.93. The first-order chi connectivity index (χ1) is 5.50. The molecule has 1 spiro atoms. The maximum Gasteiger partial charge on any atom is 0.407 e. The van der Waals surface area contributed by atoms with E-state index in [2.05, 4.69) is 0 Å². The second-order valence-corrected chi connectivity index (χ2v) is 4.56. The Bertz CT molecular complexity index is 231. The summed E-state index contributed by atoms with van der Waals surface area (Å²) < 4.78 is 0. The smallest absolute Gasteiger partial charge is 0.407 e. The van der Waals surface area contributed by atoms with Gasteiger partial charge in [0.05, 0.1) is 0 Å². The van der Waals surface area contributed by atoms with Gasteiger partial charge in [0.15, 0.2) is 0 Å². The molecule has 1 N–H and O–H groups in total. The van der Waals surface area contributed by atoms with Crippen LogP contribution in [0.2, 0.25) is 0 Å². The van der Waals surface area contributed by atoms with Crippen LogP contribution in [0.4, 0.5) is 4.79 Å². The molecule has 0 atom stereocenters. The third-order valence-corrected chi connectivity index (χ3v) is 3.97. The molecular weight excluding hydrogens is 154 g/mol. The van der Waals surface area contributed by atoms with Gasteiger partial charge in [0.2, 0.25) is 0 Å². The monoisotopic (exact) mass is 169 g/mol. The number of carboxylic acid groups (broad SMARTS) is 1. The van der Waals surface area contributed by atoms with E-state index in [1.54, 1.807) is 4.90 Å². The fourth-order valence-corrected chi connectivity index (χ4v) is 2.57. The van der Waals surface area contributed by atoms with Gasteiger partial charge >= 0.3 is 6.09 Å². The van der Waals surface area contributed by atoms with Crippen LogP contribution in [0.5, 0.6) is 0 Å². The number of hydrogen-bond donors (Lipinski definition) is 1. The number of amides is 1. The molecule has 1 amide bonds. The van der Waals surface area contributed by atoms with Crippen LogP contribution in [0.1, 0.15) is 33.1 Å². The summed E-state index contributed by atoms with van der Waals surface area (Å²) in [4.78, 5) is 12.3. The van der Waals surface area contributed by atoms with Gasteiger partial charge in [-0.2, -0.15) is 0 Å². The maximum absolute atomic E-state index is 10.8. The quantitative estimate of drug-likeness (QED) is 0.602. The Morgan fingerprint density at radius 3 is 2.25 bits per heavy atom. The van der Waals surface area contributed by atoms with Gasteiger partial charge in [0.25, 0.3) is 0 Å². The third kappa shape index (κ3) is 0.648. The first-order valence-electron chi connectivity index (χ1n) is 4.50. The van der Waals surface area contributed by atoms with E-state index < -0.39 is 6.09 Å². The molecule has 2 rings (SSSR count). The molecule has 68 valence electrons. The fourth-order valence-electron chi connectivity index (χ4n) is 2.57. The Labute approximate surface area is 72.4 Å². The molecule has 1 heterocycles. The number of carbonyl (C=O) groups is 1. The van der Waals surface area contributed by atoms with Crippen LogP contribution in [0.3, 0.4) is 0 Å². The van der Waals surface area contributed by atoms with Gasteiger partial charge in [-0.15, -0.1) is 0 Å². The topological polar surface area (TPSA) is 40.5 Å². The van der Waals surface area contributed by atoms with E-state index in [9.17, 15) is 4.79 Å². The lowest BCUT2D eigenvalue weighted by molar-refractivity contribution is -0.161. The molecule has 0 unspecified atom stereocenters. The average molecular weight is 169 g/mol. The van der Waals surface area contributed by atoms with Gasteiger partial charge in [-0.3, -0.25) is 0 Å². The van der Waals surface area contributed by atoms with E-state index in [4.69, 9.17) is 5.11 Å². The zero-order chi connectivity index (χ0) is 8.98. The molecule has 2 fully saturated rings. The van der Waals surface area contributed by atoms with Gasteiger partial charge in [0.1, 0.15) is 0 Å². The first-order valence-corrected chi connectivity index (χ1v) is 4.50. The Morgan fingerprint density at radius 1 is 1.42 bits per heavy atom.